The van der Waals surface area contributed by atoms with E-state index in [-0.39, 0.29) is 16.7 Å². The molecule has 1 atom stereocenters. The zero-order chi connectivity index (χ0) is 23.0. The summed E-state index contributed by atoms with van der Waals surface area (Å²) >= 11 is 18.6. The van der Waals surface area contributed by atoms with Gasteiger partial charge in [-0.05, 0) is 77.7 Å². The Balaban J connectivity index is 1.61. The summed E-state index contributed by atoms with van der Waals surface area (Å²) in [6.45, 7) is 0.471. The molecule has 0 aliphatic carbocycles. The Kier molecular flexibility index (Phi) is 6.52. The van der Waals surface area contributed by atoms with Crippen LogP contribution in [0.1, 0.15) is 29.0 Å². The fourth-order valence-corrected chi connectivity index (χ4v) is 5.32. The van der Waals surface area contributed by atoms with Crippen LogP contribution in [0.3, 0.4) is 0 Å². The van der Waals surface area contributed by atoms with Gasteiger partial charge in [0.25, 0.3) is 0 Å². The van der Waals surface area contributed by atoms with E-state index in [1.54, 1.807) is 23.1 Å². The van der Waals surface area contributed by atoms with E-state index >= 15 is 0 Å². The summed E-state index contributed by atoms with van der Waals surface area (Å²) in [5.41, 5.74) is 3.61. The molecule has 2 N–H and O–H groups in total. The van der Waals surface area contributed by atoms with Crippen LogP contribution in [0.4, 0.5) is 5.69 Å². The Hall–Kier alpha value is -2.09. The number of hydrogen-bond acceptors (Lipinski definition) is 3. The van der Waals surface area contributed by atoms with Gasteiger partial charge in [0.2, 0.25) is 15.9 Å². The third-order valence-corrected chi connectivity index (χ3v) is 7.06. The molecule has 3 aromatic carbocycles. The normalized spacial score (nSPS) is 16.6. The molecule has 1 saturated heterocycles. The molecule has 166 valence electrons. The van der Waals surface area contributed by atoms with Crippen molar-refractivity contribution in [2.45, 2.75) is 23.7 Å². The molecule has 0 spiro atoms. The maximum Gasteiger partial charge on any atom is 0.238 e. The van der Waals surface area contributed by atoms with Crippen molar-refractivity contribution in [2.75, 3.05) is 11.4 Å². The lowest BCUT2D eigenvalue weighted by atomic mass is 9.90. The highest BCUT2D eigenvalue weighted by molar-refractivity contribution is 7.89. The molecule has 1 amide bonds. The van der Waals surface area contributed by atoms with Gasteiger partial charge in [0.05, 0.1) is 4.90 Å². The molecule has 32 heavy (non-hydrogen) atoms. The molecule has 5 nitrogen and oxygen atoms in total. The van der Waals surface area contributed by atoms with Crippen LogP contribution in [-0.2, 0) is 21.2 Å². The Morgan fingerprint density at radius 2 is 1.56 bits per heavy atom. The number of benzene rings is 3. The molecule has 0 bridgehead atoms. The van der Waals surface area contributed by atoms with Crippen molar-refractivity contribution in [1.82, 2.24) is 0 Å². The molecule has 0 radical (unpaired) electrons. The number of nitrogens with two attached hydrogens (primary N) is 1. The average Bonchev–Trinajstić information content (AvgIpc) is 3.08. The molecule has 0 unspecified atom stereocenters. The highest BCUT2D eigenvalue weighted by Gasteiger charge is 2.33. The van der Waals surface area contributed by atoms with Gasteiger partial charge in [-0.15, -0.1) is 0 Å². The van der Waals surface area contributed by atoms with Gasteiger partial charge in [-0.1, -0.05) is 40.9 Å². The topological polar surface area (TPSA) is 80.5 Å². The van der Waals surface area contributed by atoms with Crippen molar-refractivity contribution in [3.63, 3.8) is 0 Å². The van der Waals surface area contributed by atoms with Crippen molar-refractivity contribution in [1.29, 1.82) is 0 Å². The predicted octanol–water partition coefficient (Wildman–Crippen LogP) is 5.41. The summed E-state index contributed by atoms with van der Waals surface area (Å²) in [6.07, 6.45) is 0.909. The van der Waals surface area contributed by atoms with Crippen molar-refractivity contribution in [3.8, 4) is 0 Å². The van der Waals surface area contributed by atoms with Crippen LogP contribution in [0.15, 0.2) is 65.6 Å². The van der Waals surface area contributed by atoms with Crippen LogP contribution in [0.2, 0.25) is 15.1 Å². The van der Waals surface area contributed by atoms with Gasteiger partial charge in [-0.3, -0.25) is 4.79 Å². The van der Waals surface area contributed by atoms with Gasteiger partial charge in [0.15, 0.2) is 0 Å². The standard InChI is InChI=1S/C23H19Cl3N2O3S/c24-17-1-6-22(15(10-17)7-14-8-18(25)12-19(26)9-14)16-11-23(29)28(13-16)20-2-4-21(5-3-20)32(27,30)31/h1-6,8-10,12,16H,7,11,13H2,(H2,27,30,31)/t16-/m0/s1. The summed E-state index contributed by atoms with van der Waals surface area (Å²) in [5.74, 6) is -0.0765. The van der Waals surface area contributed by atoms with E-state index in [2.05, 4.69) is 0 Å². The fourth-order valence-electron chi connectivity index (χ4n) is 4.04. The van der Waals surface area contributed by atoms with E-state index < -0.39 is 10.0 Å². The zero-order valence-electron chi connectivity index (χ0n) is 16.8. The highest BCUT2D eigenvalue weighted by atomic mass is 35.5. The second-order valence-corrected chi connectivity index (χ2v) is 10.6. The van der Waals surface area contributed by atoms with Gasteiger partial charge < -0.3 is 4.90 Å². The van der Waals surface area contributed by atoms with E-state index in [4.69, 9.17) is 39.9 Å². The minimum Gasteiger partial charge on any atom is -0.312 e. The lowest BCUT2D eigenvalue weighted by molar-refractivity contribution is -0.117. The van der Waals surface area contributed by atoms with E-state index in [1.807, 2.05) is 30.3 Å². The summed E-state index contributed by atoms with van der Waals surface area (Å²) < 4.78 is 23.0. The number of carbonyl (C=O) groups excluding carboxylic acids is 1. The number of rotatable bonds is 5. The third-order valence-electron chi connectivity index (χ3n) is 5.46. The van der Waals surface area contributed by atoms with Crippen molar-refractivity contribution < 1.29 is 13.2 Å². The maximum absolute atomic E-state index is 12.8. The van der Waals surface area contributed by atoms with E-state index in [9.17, 15) is 13.2 Å². The largest absolute Gasteiger partial charge is 0.312 e. The monoisotopic (exact) mass is 508 g/mol. The summed E-state index contributed by atoms with van der Waals surface area (Å²) in [5, 5.41) is 6.88. The number of halogens is 3. The highest BCUT2D eigenvalue weighted by Crippen LogP contribution is 2.36. The fraction of sp³-hybridized carbons (Fsp3) is 0.174. The smallest absolute Gasteiger partial charge is 0.238 e. The maximum atomic E-state index is 12.8. The van der Waals surface area contributed by atoms with Gasteiger partial charge in [0.1, 0.15) is 0 Å². The first-order chi connectivity index (χ1) is 15.1. The molecule has 1 aliphatic heterocycles. The van der Waals surface area contributed by atoms with Gasteiger partial charge >= 0.3 is 0 Å². The number of primary sulfonamides is 1. The van der Waals surface area contributed by atoms with Gasteiger partial charge in [0, 0.05) is 39.6 Å². The van der Waals surface area contributed by atoms with Crippen LogP contribution in [0.25, 0.3) is 0 Å². The Labute approximate surface area is 201 Å². The molecule has 9 heteroatoms. The number of amides is 1. The van der Waals surface area contributed by atoms with Crippen LogP contribution >= 0.6 is 34.8 Å². The second kappa shape index (κ2) is 9.04. The first kappa shape index (κ1) is 23.1. The molecule has 0 saturated carbocycles. The lowest BCUT2D eigenvalue weighted by Gasteiger charge is -2.19. The average molecular weight is 510 g/mol. The summed E-state index contributed by atoms with van der Waals surface area (Å²) in [6, 6.07) is 17.1. The second-order valence-electron chi connectivity index (χ2n) is 7.74. The minimum absolute atomic E-state index is 0.00427. The zero-order valence-corrected chi connectivity index (χ0v) is 19.8. The number of hydrogen-bond donors (Lipinski definition) is 1. The molecule has 1 fully saturated rings. The molecular formula is C23H19Cl3N2O3S. The lowest BCUT2D eigenvalue weighted by Crippen LogP contribution is -2.24. The number of carbonyl (C=O) groups is 1. The predicted molar refractivity (Wildman–Crippen MR) is 128 cm³/mol. The number of anilines is 1. The number of sulfonamides is 1. The Morgan fingerprint density at radius 1 is 0.906 bits per heavy atom. The third kappa shape index (κ3) is 5.11. The van der Waals surface area contributed by atoms with E-state index in [0.717, 1.165) is 16.7 Å². The van der Waals surface area contributed by atoms with Crippen molar-refractivity contribution in [2.24, 2.45) is 5.14 Å². The Morgan fingerprint density at radius 3 is 2.19 bits per heavy atom. The molecule has 1 heterocycles. The Bertz CT molecular complexity index is 1270. The minimum atomic E-state index is -3.79. The van der Waals surface area contributed by atoms with E-state index in [1.165, 1.54) is 12.1 Å². The quantitative estimate of drug-likeness (QED) is 0.500. The first-order valence-electron chi connectivity index (χ1n) is 9.76. The van der Waals surface area contributed by atoms with Crippen LogP contribution < -0.4 is 10.0 Å². The first-order valence-corrected chi connectivity index (χ1v) is 12.4. The van der Waals surface area contributed by atoms with Gasteiger partial charge in [-0.2, -0.15) is 0 Å². The SMILES string of the molecule is NS(=O)(=O)c1ccc(N2C[C@@H](c3ccc(Cl)cc3Cc3cc(Cl)cc(Cl)c3)CC2=O)cc1. The summed E-state index contributed by atoms with van der Waals surface area (Å²) in [4.78, 5) is 14.5. The van der Waals surface area contributed by atoms with E-state index in [0.29, 0.717) is 40.1 Å². The molecule has 1 aliphatic rings. The molecule has 4 rings (SSSR count). The van der Waals surface area contributed by atoms with Crippen LogP contribution in [-0.4, -0.2) is 20.9 Å². The van der Waals surface area contributed by atoms with Crippen molar-refractivity contribution in [3.05, 3.63) is 92.4 Å². The van der Waals surface area contributed by atoms with Crippen LogP contribution in [0, 0.1) is 0 Å². The summed E-state index contributed by atoms with van der Waals surface area (Å²) in [7, 11) is -3.79. The number of nitrogens with zero attached hydrogens (tertiary/aromatic N) is 1. The van der Waals surface area contributed by atoms with Gasteiger partial charge in [-0.25, -0.2) is 13.6 Å². The molecular weight excluding hydrogens is 491 g/mol. The molecule has 0 aromatic heterocycles. The molecule has 3 aromatic rings. The van der Waals surface area contributed by atoms with Crippen LogP contribution in [0.5, 0.6) is 0 Å². The van der Waals surface area contributed by atoms with Crippen molar-refractivity contribution >= 4 is 56.4 Å².